The van der Waals surface area contributed by atoms with E-state index in [1.165, 1.54) is 11.1 Å². The molecule has 0 radical (unpaired) electrons. The number of carbonyl (C=O) groups excluding carboxylic acids is 1. The summed E-state index contributed by atoms with van der Waals surface area (Å²) in [7, 11) is 0. The number of anilines is 1. The first-order valence-electron chi connectivity index (χ1n) is 6.85. The smallest absolute Gasteiger partial charge is 0.238 e. The molecule has 0 fully saturated rings. The van der Waals surface area contributed by atoms with Crippen molar-refractivity contribution in [2.75, 3.05) is 18.4 Å². The van der Waals surface area contributed by atoms with Crippen molar-refractivity contribution < 1.29 is 4.79 Å². The third kappa shape index (κ3) is 4.86. The lowest BCUT2D eigenvalue weighted by atomic mass is 10.1. The zero-order valence-corrected chi connectivity index (χ0v) is 11.7. The van der Waals surface area contributed by atoms with Crippen molar-refractivity contribution in [2.45, 2.75) is 13.3 Å². The number of hydrogen-bond acceptors (Lipinski definition) is 2. The van der Waals surface area contributed by atoms with Gasteiger partial charge in [0.2, 0.25) is 5.91 Å². The SMILES string of the molecule is Cc1cccc(CCNCC(=O)Nc2ccccc2)c1. The molecule has 2 rings (SSSR count). The summed E-state index contributed by atoms with van der Waals surface area (Å²) in [5.74, 6) is -0.0135. The normalized spacial score (nSPS) is 10.2. The van der Waals surface area contributed by atoms with Gasteiger partial charge in [-0.2, -0.15) is 0 Å². The highest BCUT2D eigenvalue weighted by molar-refractivity contribution is 5.92. The summed E-state index contributed by atoms with van der Waals surface area (Å²) >= 11 is 0. The topological polar surface area (TPSA) is 41.1 Å². The Morgan fingerprint density at radius 2 is 1.85 bits per heavy atom. The Morgan fingerprint density at radius 3 is 2.60 bits per heavy atom. The van der Waals surface area contributed by atoms with Crippen LogP contribution in [0.15, 0.2) is 54.6 Å². The van der Waals surface area contributed by atoms with Crippen LogP contribution in [0.5, 0.6) is 0 Å². The summed E-state index contributed by atoms with van der Waals surface area (Å²) in [6, 6.07) is 17.9. The van der Waals surface area contributed by atoms with Crippen molar-refractivity contribution in [1.82, 2.24) is 5.32 Å². The van der Waals surface area contributed by atoms with E-state index in [0.29, 0.717) is 6.54 Å². The second-order valence-corrected chi connectivity index (χ2v) is 4.83. The number of rotatable bonds is 6. The zero-order chi connectivity index (χ0) is 14.2. The largest absolute Gasteiger partial charge is 0.325 e. The fourth-order valence-corrected chi connectivity index (χ4v) is 2.03. The number of hydrogen-bond donors (Lipinski definition) is 2. The molecule has 0 saturated carbocycles. The van der Waals surface area contributed by atoms with Crippen LogP contribution in [0.3, 0.4) is 0 Å². The van der Waals surface area contributed by atoms with E-state index in [4.69, 9.17) is 0 Å². The molecule has 3 nitrogen and oxygen atoms in total. The quantitative estimate of drug-likeness (QED) is 0.791. The molecule has 1 amide bonds. The molecular formula is C17H20N2O. The van der Waals surface area contributed by atoms with E-state index >= 15 is 0 Å². The zero-order valence-electron chi connectivity index (χ0n) is 11.7. The molecule has 0 aliphatic carbocycles. The number of benzene rings is 2. The molecule has 20 heavy (non-hydrogen) atoms. The summed E-state index contributed by atoms with van der Waals surface area (Å²) in [6.07, 6.45) is 0.931. The molecule has 0 unspecified atom stereocenters. The highest BCUT2D eigenvalue weighted by atomic mass is 16.1. The first-order valence-corrected chi connectivity index (χ1v) is 6.85. The molecule has 0 heterocycles. The maximum Gasteiger partial charge on any atom is 0.238 e. The molecule has 0 bridgehead atoms. The van der Waals surface area contributed by atoms with Gasteiger partial charge in [0.05, 0.1) is 6.54 Å². The number of carbonyl (C=O) groups is 1. The van der Waals surface area contributed by atoms with Gasteiger partial charge in [0.1, 0.15) is 0 Å². The Balaban J connectivity index is 1.67. The van der Waals surface area contributed by atoms with E-state index in [1.807, 2.05) is 30.3 Å². The van der Waals surface area contributed by atoms with Crippen molar-refractivity contribution in [3.63, 3.8) is 0 Å². The van der Waals surface area contributed by atoms with E-state index in [1.54, 1.807) is 0 Å². The van der Waals surface area contributed by atoms with Gasteiger partial charge in [-0.05, 0) is 37.6 Å². The van der Waals surface area contributed by atoms with E-state index < -0.39 is 0 Å². The Bertz CT molecular complexity index is 552. The van der Waals surface area contributed by atoms with Crippen molar-refractivity contribution in [2.24, 2.45) is 0 Å². The Kier molecular flexibility index (Phi) is 5.33. The molecular weight excluding hydrogens is 248 g/mol. The van der Waals surface area contributed by atoms with Crippen LogP contribution >= 0.6 is 0 Å². The van der Waals surface area contributed by atoms with Gasteiger partial charge in [0.25, 0.3) is 0 Å². The summed E-state index contributed by atoms with van der Waals surface area (Å²) in [6.45, 7) is 3.22. The van der Waals surface area contributed by atoms with Crippen LogP contribution < -0.4 is 10.6 Å². The predicted molar refractivity (Wildman–Crippen MR) is 82.8 cm³/mol. The first-order chi connectivity index (χ1) is 9.74. The Hall–Kier alpha value is -2.13. The van der Waals surface area contributed by atoms with Crippen molar-refractivity contribution in [1.29, 1.82) is 0 Å². The minimum atomic E-state index is -0.0135. The van der Waals surface area contributed by atoms with Gasteiger partial charge >= 0.3 is 0 Å². The van der Waals surface area contributed by atoms with Gasteiger partial charge < -0.3 is 10.6 Å². The number of amides is 1. The maximum absolute atomic E-state index is 11.7. The van der Waals surface area contributed by atoms with E-state index in [2.05, 4.69) is 41.8 Å². The van der Waals surface area contributed by atoms with Crippen LogP contribution in [0.25, 0.3) is 0 Å². The van der Waals surface area contributed by atoms with Gasteiger partial charge in [-0.15, -0.1) is 0 Å². The lowest BCUT2D eigenvalue weighted by Crippen LogP contribution is -2.29. The Morgan fingerprint density at radius 1 is 1.05 bits per heavy atom. The molecule has 0 aliphatic rings. The highest BCUT2D eigenvalue weighted by Crippen LogP contribution is 2.05. The number of aryl methyl sites for hydroxylation is 1. The van der Waals surface area contributed by atoms with Crippen LogP contribution in [-0.4, -0.2) is 19.0 Å². The number of para-hydroxylation sites is 1. The summed E-state index contributed by atoms with van der Waals surface area (Å²) < 4.78 is 0. The minimum absolute atomic E-state index is 0.0135. The van der Waals surface area contributed by atoms with Gasteiger partial charge in [-0.3, -0.25) is 4.79 Å². The van der Waals surface area contributed by atoms with Crippen molar-refractivity contribution in [3.8, 4) is 0 Å². The fourth-order valence-electron chi connectivity index (χ4n) is 2.03. The first kappa shape index (κ1) is 14.3. The molecule has 0 saturated heterocycles. The van der Waals surface area contributed by atoms with Crippen molar-refractivity contribution in [3.05, 3.63) is 65.7 Å². The minimum Gasteiger partial charge on any atom is -0.325 e. The molecule has 2 N–H and O–H groups in total. The van der Waals surface area contributed by atoms with Gasteiger partial charge in [0, 0.05) is 5.69 Å². The molecule has 0 aromatic heterocycles. The second kappa shape index (κ2) is 7.46. The maximum atomic E-state index is 11.7. The summed E-state index contributed by atoms with van der Waals surface area (Å²) in [5.41, 5.74) is 3.39. The van der Waals surface area contributed by atoms with E-state index in [9.17, 15) is 4.79 Å². The average Bonchev–Trinajstić information content (AvgIpc) is 2.45. The van der Waals surface area contributed by atoms with Crippen LogP contribution in [0.1, 0.15) is 11.1 Å². The molecule has 0 spiro atoms. The highest BCUT2D eigenvalue weighted by Gasteiger charge is 2.01. The van der Waals surface area contributed by atoms with Crippen molar-refractivity contribution >= 4 is 11.6 Å². The van der Waals surface area contributed by atoms with Crippen LogP contribution in [0.4, 0.5) is 5.69 Å². The fraction of sp³-hybridized carbons (Fsp3) is 0.235. The van der Waals surface area contributed by atoms with E-state index in [0.717, 1.165) is 18.7 Å². The summed E-state index contributed by atoms with van der Waals surface area (Å²) in [5, 5.41) is 6.01. The monoisotopic (exact) mass is 268 g/mol. The lowest BCUT2D eigenvalue weighted by molar-refractivity contribution is -0.115. The molecule has 2 aromatic rings. The third-order valence-electron chi connectivity index (χ3n) is 3.02. The second-order valence-electron chi connectivity index (χ2n) is 4.83. The molecule has 0 aliphatic heterocycles. The predicted octanol–water partition coefficient (Wildman–Crippen LogP) is 2.77. The van der Waals surface area contributed by atoms with Gasteiger partial charge in [-0.25, -0.2) is 0 Å². The van der Waals surface area contributed by atoms with Gasteiger partial charge in [-0.1, -0.05) is 48.0 Å². The van der Waals surface area contributed by atoms with Crippen LogP contribution in [-0.2, 0) is 11.2 Å². The number of nitrogens with one attached hydrogen (secondary N) is 2. The van der Waals surface area contributed by atoms with E-state index in [-0.39, 0.29) is 5.91 Å². The Labute approximate surface area is 120 Å². The van der Waals surface area contributed by atoms with Crippen LogP contribution in [0, 0.1) is 6.92 Å². The molecule has 3 heteroatoms. The average molecular weight is 268 g/mol. The van der Waals surface area contributed by atoms with Gasteiger partial charge in [0.15, 0.2) is 0 Å². The lowest BCUT2D eigenvalue weighted by Gasteiger charge is -2.07. The third-order valence-corrected chi connectivity index (χ3v) is 3.02. The molecule has 2 aromatic carbocycles. The molecule has 104 valence electrons. The molecule has 0 atom stereocenters. The van der Waals surface area contributed by atoms with Crippen LogP contribution in [0.2, 0.25) is 0 Å². The summed E-state index contributed by atoms with van der Waals surface area (Å²) in [4.78, 5) is 11.7. The standard InChI is InChI=1S/C17H20N2O/c1-14-6-5-7-15(12-14)10-11-18-13-17(20)19-16-8-3-2-4-9-16/h2-9,12,18H,10-11,13H2,1H3,(H,19,20).